The van der Waals surface area contributed by atoms with Gasteiger partial charge in [0.25, 0.3) is 0 Å². The van der Waals surface area contributed by atoms with E-state index in [-0.39, 0.29) is 5.91 Å². The van der Waals surface area contributed by atoms with Crippen molar-refractivity contribution in [2.75, 3.05) is 24.6 Å². The van der Waals surface area contributed by atoms with E-state index in [9.17, 15) is 9.18 Å². The van der Waals surface area contributed by atoms with Gasteiger partial charge in [0.1, 0.15) is 11.9 Å². The average Bonchev–Trinajstić information content (AvgIpc) is 2.30. The molecule has 1 aromatic rings. The molecule has 1 atom stereocenters. The molecule has 1 unspecified atom stereocenters. The molecule has 0 aromatic heterocycles. The fourth-order valence-electron chi connectivity index (χ4n) is 1.45. The second-order valence-corrected chi connectivity index (χ2v) is 3.95. The highest BCUT2D eigenvalue weighted by Gasteiger charge is 2.16. The lowest BCUT2D eigenvalue weighted by molar-refractivity contribution is -0.130. The summed E-state index contributed by atoms with van der Waals surface area (Å²) in [4.78, 5) is 13.4. The second-order valence-electron chi connectivity index (χ2n) is 3.95. The monoisotopic (exact) mass is 239 g/mol. The highest BCUT2D eigenvalue weighted by atomic mass is 19.1. The number of halogens is 1. The number of nitrogens with one attached hydrogen (secondary N) is 1. The molecule has 94 valence electrons. The van der Waals surface area contributed by atoms with Crippen molar-refractivity contribution in [2.24, 2.45) is 0 Å². The summed E-state index contributed by atoms with van der Waals surface area (Å²) in [6.45, 7) is 4.29. The average molecular weight is 239 g/mol. The quantitative estimate of drug-likeness (QED) is 0.786. The number of benzene rings is 1. The first-order valence-corrected chi connectivity index (χ1v) is 5.52. The van der Waals surface area contributed by atoms with E-state index in [4.69, 9.17) is 5.73 Å². The van der Waals surface area contributed by atoms with Crippen molar-refractivity contribution in [1.29, 1.82) is 0 Å². The summed E-state index contributed by atoms with van der Waals surface area (Å²) in [6, 6.07) is 3.66. The van der Waals surface area contributed by atoms with Gasteiger partial charge in [-0.25, -0.2) is 4.39 Å². The van der Waals surface area contributed by atoms with E-state index < -0.39 is 11.9 Å². The summed E-state index contributed by atoms with van der Waals surface area (Å²) >= 11 is 0. The number of nitrogen functional groups attached to an aromatic ring is 1. The lowest BCUT2D eigenvalue weighted by Crippen LogP contribution is -2.38. The Labute approximate surface area is 101 Å². The first-order valence-electron chi connectivity index (χ1n) is 5.52. The standard InChI is InChI=1S/C12H18FN3O/c1-4-16(3)12(17)8(2)15-11-6-5-9(13)7-10(11)14/h5-8,15H,4,14H2,1-3H3. The van der Waals surface area contributed by atoms with E-state index in [1.807, 2.05) is 6.92 Å². The van der Waals surface area contributed by atoms with E-state index in [0.29, 0.717) is 17.9 Å². The third kappa shape index (κ3) is 3.34. The lowest BCUT2D eigenvalue weighted by atomic mass is 10.2. The maximum Gasteiger partial charge on any atom is 0.244 e. The number of nitrogens with two attached hydrogens (primary N) is 1. The van der Waals surface area contributed by atoms with Crippen LogP contribution in [0, 0.1) is 5.82 Å². The molecule has 1 rings (SSSR count). The summed E-state index contributed by atoms with van der Waals surface area (Å²) in [6.07, 6.45) is 0. The van der Waals surface area contributed by atoms with E-state index in [1.54, 1.807) is 18.9 Å². The number of anilines is 2. The van der Waals surface area contributed by atoms with Gasteiger partial charge >= 0.3 is 0 Å². The minimum absolute atomic E-state index is 0.0313. The molecular formula is C12H18FN3O. The Morgan fingerprint density at radius 1 is 1.59 bits per heavy atom. The van der Waals surface area contributed by atoms with Gasteiger partial charge in [-0.1, -0.05) is 0 Å². The van der Waals surface area contributed by atoms with Gasteiger partial charge in [0.05, 0.1) is 11.4 Å². The number of hydrogen-bond donors (Lipinski definition) is 2. The van der Waals surface area contributed by atoms with E-state index in [2.05, 4.69) is 5.32 Å². The Balaban J connectivity index is 2.74. The number of amides is 1. The predicted molar refractivity (Wildman–Crippen MR) is 67.2 cm³/mol. The van der Waals surface area contributed by atoms with Gasteiger partial charge in [-0.05, 0) is 32.0 Å². The molecule has 0 fully saturated rings. The first kappa shape index (κ1) is 13.3. The Kier molecular flexibility index (Phi) is 4.31. The van der Waals surface area contributed by atoms with Crippen molar-refractivity contribution in [3.8, 4) is 0 Å². The normalized spacial score (nSPS) is 12.0. The Hall–Kier alpha value is -1.78. The summed E-state index contributed by atoms with van der Waals surface area (Å²) in [5.74, 6) is -0.422. The molecular weight excluding hydrogens is 221 g/mol. The minimum Gasteiger partial charge on any atom is -0.397 e. The van der Waals surface area contributed by atoms with Gasteiger partial charge in [0, 0.05) is 13.6 Å². The van der Waals surface area contributed by atoms with Crippen LogP contribution in [-0.4, -0.2) is 30.4 Å². The molecule has 0 aliphatic heterocycles. The molecule has 5 heteroatoms. The zero-order valence-electron chi connectivity index (χ0n) is 10.3. The topological polar surface area (TPSA) is 58.4 Å². The van der Waals surface area contributed by atoms with Gasteiger partial charge in [-0.2, -0.15) is 0 Å². The van der Waals surface area contributed by atoms with Crippen LogP contribution < -0.4 is 11.1 Å². The van der Waals surface area contributed by atoms with Crippen molar-refractivity contribution >= 4 is 17.3 Å². The van der Waals surface area contributed by atoms with Crippen molar-refractivity contribution < 1.29 is 9.18 Å². The minimum atomic E-state index is -0.396. The number of nitrogens with zero attached hydrogens (tertiary/aromatic N) is 1. The van der Waals surface area contributed by atoms with E-state index in [1.165, 1.54) is 18.2 Å². The van der Waals surface area contributed by atoms with E-state index in [0.717, 1.165) is 0 Å². The maximum absolute atomic E-state index is 12.8. The summed E-state index contributed by atoms with van der Waals surface area (Å²) in [7, 11) is 1.73. The fourth-order valence-corrected chi connectivity index (χ4v) is 1.45. The third-order valence-corrected chi connectivity index (χ3v) is 2.61. The molecule has 0 radical (unpaired) electrons. The van der Waals surface area contributed by atoms with Gasteiger partial charge in [-0.15, -0.1) is 0 Å². The summed E-state index contributed by atoms with van der Waals surface area (Å²) in [5, 5.41) is 2.97. The largest absolute Gasteiger partial charge is 0.397 e. The number of rotatable bonds is 4. The number of hydrogen-bond acceptors (Lipinski definition) is 3. The molecule has 0 aliphatic rings. The molecule has 17 heavy (non-hydrogen) atoms. The molecule has 0 heterocycles. The van der Waals surface area contributed by atoms with E-state index >= 15 is 0 Å². The van der Waals surface area contributed by atoms with Crippen LogP contribution in [0.1, 0.15) is 13.8 Å². The number of carbonyl (C=O) groups is 1. The Bertz CT molecular complexity index is 409. The van der Waals surface area contributed by atoms with Crippen molar-refractivity contribution in [1.82, 2.24) is 4.90 Å². The zero-order chi connectivity index (χ0) is 13.0. The van der Waals surface area contributed by atoms with Crippen molar-refractivity contribution in [3.63, 3.8) is 0 Å². The van der Waals surface area contributed by atoms with Gasteiger partial charge in [-0.3, -0.25) is 4.79 Å². The van der Waals surface area contributed by atoms with Crippen LogP contribution in [0.2, 0.25) is 0 Å². The Morgan fingerprint density at radius 2 is 2.24 bits per heavy atom. The molecule has 0 bridgehead atoms. The molecule has 4 nitrogen and oxygen atoms in total. The maximum atomic E-state index is 12.8. The number of carbonyl (C=O) groups excluding carboxylic acids is 1. The van der Waals surface area contributed by atoms with Crippen molar-refractivity contribution in [2.45, 2.75) is 19.9 Å². The zero-order valence-corrected chi connectivity index (χ0v) is 10.3. The molecule has 1 amide bonds. The van der Waals surface area contributed by atoms with Crippen LogP contribution in [0.3, 0.4) is 0 Å². The van der Waals surface area contributed by atoms with Crippen LogP contribution in [0.25, 0.3) is 0 Å². The van der Waals surface area contributed by atoms with Crippen LogP contribution in [0.15, 0.2) is 18.2 Å². The van der Waals surface area contributed by atoms with Crippen molar-refractivity contribution in [3.05, 3.63) is 24.0 Å². The highest BCUT2D eigenvalue weighted by molar-refractivity contribution is 5.85. The molecule has 0 saturated heterocycles. The lowest BCUT2D eigenvalue weighted by Gasteiger charge is -2.22. The van der Waals surface area contributed by atoms with Crippen LogP contribution in [0.5, 0.6) is 0 Å². The van der Waals surface area contributed by atoms with Gasteiger partial charge in [0.2, 0.25) is 5.91 Å². The first-order chi connectivity index (χ1) is 7.95. The summed E-state index contributed by atoms with van der Waals surface area (Å²) < 4.78 is 12.8. The molecule has 0 spiro atoms. The molecule has 1 aromatic carbocycles. The van der Waals surface area contributed by atoms with Gasteiger partial charge < -0.3 is 16.0 Å². The smallest absolute Gasteiger partial charge is 0.244 e. The molecule has 0 saturated carbocycles. The second kappa shape index (κ2) is 5.52. The predicted octanol–water partition coefficient (Wildman–Crippen LogP) is 1.69. The fraction of sp³-hybridized carbons (Fsp3) is 0.417. The van der Waals surface area contributed by atoms with Gasteiger partial charge in [0.15, 0.2) is 0 Å². The SMILES string of the molecule is CCN(C)C(=O)C(C)Nc1ccc(F)cc1N. The third-order valence-electron chi connectivity index (χ3n) is 2.61. The number of likely N-dealkylation sites (N-methyl/N-ethyl adjacent to an activating group) is 1. The Morgan fingerprint density at radius 3 is 2.76 bits per heavy atom. The molecule has 3 N–H and O–H groups in total. The summed E-state index contributed by atoms with van der Waals surface area (Å²) in [5.41, 5.74) is 6.51. The van der Waals surface area contributed by atoms with Crippen LogP contribution in [-0.2, 0) is 4.79 Å². The molecule has 0 aliphatic carbocycles. The highest BCUT2D eigenvalue weighted by Crippen LogP contribution is 2.20. The van der Waals surface area contributed by atoms with Crippen LogP contribution >= 0.6 is 0 Å². The van der Waals surface area contributed by atoms with Crippen LogP contribution in [0.4, 0.5) is 15.8 Å².